The molecule has 2 aliphatic heterocycles. The number of amides is 1. The van der Waals surface area contributed by atoms with E-state index >= 15 is 0 Å². The Morgan fingerprint density at radius 3 is 3.04 bits per heavy atom. The van der Waals surface area contributed by atoms with Gasteiger partial charge in [0.25, 0.3) is 5.91 Å². The maximum atomic E-state index is 12.8. The van der Waals surface area contributed by atoms with Gasteiger partial charge in [-0.3, -0.25) is 9.78 Å². The third-order valence-electron chi connectivity index (χ3n) is 5.40. The molecule has 2 atom stereocenters. The number of fused-ring (bicyclic) bond motifs is 1. The summed E-state index contributed by atoms with van der Waals surface area (Å²) in [5, 5.41) is 0. The van der Waals surface area contributed by atoms with Crippen LogP contribution in [0.1, 0.15) is 34.7 Å². The fourth-order valence-electron chi connectivity index (χ4n) is 3.93. The van der Waals surface area contributed by atoms with Gasteiger partial charge < -0.3 is 18.8 Å². The second-order valence-electron chi connectivity index (χ2n) is 7.10. The smallest absolute Gasteiger partial charge is 0.291 e. The predicted molar refractivity (Wildman–Crippen MR) is 92.4 cm³/mol. The number of aromatic nitrogens is 2. The zero-order valence-electron chi connectivity index (χ0n) is 14.9. The molecule has 2 aromatic heterocycles. The van der Waals surface area contributed by atoms with Crippen molar-refractivity contribution in [2.24, 2.45) is 5.41 Å². The number of ether oxygens (including phenoxy) is 2. The molecule has 0 unspecified atom stereocenters. The number of likely N-dealkylation sites (tertiary alicyclic amines) is 1. The third kappa shape index (κ3) is 3.24. The highest BCUT2D eigenvalue weighted by atomic mass is 16.5. The van der Waals surface area contributed by atoms with Gasteiger partial charge in [0.1, 0.15) is 0 Å². The highest BCUT2D eigenvalue weighted by Gasteiger charge is 2.49. The van der Waals surface area contributed by atoms with E-state index in [1.54, 1.807) is 19.3 Å². The van der Waals surface area contributed by atoms with E-state index in [0.717, 1.165) is 18.4 Å². The van der Waals surface area contributed by atoms with Crippen LogP contribution in [0.3, 0.4) is 0 Å². The average Bonchev–Trinajstić information content (AvgIpc) is 3.27. The van der Waals surface area contributed by atoms with Crippen molar-refractivity contribution in [2.75, 3.05) is 26.3 Å². The topological polar surface area (TPSA) is 77.7 Å². The molecule has 4 heterocycles. The number of nitrogens with zero attached hydrogens (tertiary/aromatic N) is 3. The Kier molecular flexibility index (Phi) is 4.74. The molecule has 0 saturated carbocycles. The van der Waals surface area contributed by atoms with Crippen LogP contribution in [0.5, 0.6) is 0 Å². The van der Waals surface area contributed by atoms with Crippen LogP contribution in [0.15, 0.2) is 35.3 Å². The molecule has 4 rings (SSSR count). The summed E-state index contributed by atoms with van der Waals surface area (Å²) in [6, 6.07) is 3.90. The molecule has 0 aromatic carbocycles. The SMILES string of the molecule is Cc1ncoc1C(=O)N1CC[C@H]2OCC[C@@]2(COCc2ccncc2)C1. The van der Waals surface area contributed by atoms with E-state index in [4.69, 9.17) is 13.9 Å². The third-order valence-corrected chi connectivity index (χ3v) is 5.40. The number of piperidine rings is 1. The minimum absolute atomic E-state index is 0.0983. The normalized spacial score (nSPS) is 25.3. The summed E-state index contributed by atoms with van der Waals surface area (Å²) in [7, 11) is 0. The molecule has 2 aliphatic rings. The molecule has 7 heteroatoms. The molecule has 0 aliphatic carbocycles. The number of aryl methyl sites for hydroxylation is 1. The lowest BCUT2D eigenvalue weighted by Crippen LogP contribution is -2.53. The van der Waals surface area contributed by atoms with Gasteiger partial charge in [-0.1, -0.05) is 0 Å². The molecule has 0 bridgehead atoms. The fraction of sp³-hybridized carbons (Fsp3) is 0.526. The highest BCUT2D eigenvalue weighted by Crippen LogP contribution is 2.41. The Balaban J connectivity index is 1.44. The van der Waals surface area contributed by atoms with Crippen LogP contribution in [0.2, 0.25) is 0 Å². The van der Waals surface area contributed by atoms with Crippen LogP contribution >= 0.6 is 0 Å². The zero-order chi connectivity index (χ0) is 18.0. The molecular weight excluding hydrogens is 334 g/mol. The van der Waals surface area contributed by atoms with E-state index in [-0.39, 0.29) is 17.4 Å². The largest absolute Gasteiger partial charge is 0.438 e. The molecule has 0 radical (unpaired) electrons. The number of rotatable bonds is 5. The summed E-state index contributed by atoms with van der Waals surface area (Å²) in [5.74, 6) is 0.231. The van der Waals surface area contributed by atoms with Crippen molar-refractivity contribution in [1.29, 1.82) is 0 Å². The van der Waals surface area contributed by atoms with Gasteiger partial charge in [0.2, 0.25) is 5.76 Å². The van der Waals surface area contributed by atoms with E-state index in [2.05, 4.69) is 9.97 Å². The van der Waals surface area contributed by atoms with Gasteiger partial charge in [0, 0.05) is 37.5 Å². The van der Waals surface area contributed by atoms with Crippen LogP contribution in [-0.4, -0.2) is 53.2 Å². The molecule has 0 N–H and O–H groups in total. The Morgan fingerprint density at radius 2 is 2.27 bits per heavy atom. The number of carbonyl (C=O) groups is 1. The van der Waals surface area contributed by atoms with Crippen LogP contribution in [0.4, 0.5) is 0 Å². The summed E-state index contributed by atoms with van der Waals surface area (Å²) >= 11 is 0. The number of hydrogen-bond acceptors (Lipinski definition) is 6. The van der Waals surface area contributed by atoms with Crippen molar-refractivity contribution in [1.82, 2.24) is 14.9 Å². The van der Waals surface area contributed by atoms with Gasteiger partial charge in [-0.2, -0.15) is 0 Å². The van der Waals surface area contributed by atoms with Crippen molar-refractivity contribution >= 4 is 5.91 Å². The minimum atomic E-state index is -0.158. The van der Waals surface area contributed by atoms with E-state index in [1.165, 1.54) is 6.39 Å². The van der Waals surface area contributed by atoms with Gasteiger partial charge in [-0.15, -0.1) is 0 Å². The summed E-state index contributed by atoms with van der Waals surface area (Å²) < 4.78 is 17.3. The Morgan fingerprint density at radius 1 is 1.42 bits per heavy atom. The van der Waals surface area contributed by atoms with Crippen molar-refractivity contribution in [3.05, 3.63) is 47.9 Å². The Labute approximate surface area is 152 Å². The molecule has 2 saturated heterocycles. The van der Waals surface area contributed by atoms with E-state index < -0.39 is 0 Å². The maximum Gasteiger partial charge on any atom is 0.291 e. The number of hydrogen-bond donors (Lipinski definition) is 0. The molecule has 7 nitrogen and oxygen atoms in total. The van der Waals surface area contributed by atoms with Gasteiger partial charge >= 0.3 is 0 Å². The molecule has 0 spiro atoms. The fourth-order valence-corrected chi connectivity index (χ4v) is 3.93. The molecule has 2 aromatic rings. The summed E-state index contributed by atoms with van der Waals surface area (Å²) in [6.07, 6.45) is 6.70. The highest BCUT2D eigenvalue weighted by molar-refractivity contribution is 5.92. The number of oxazole rings is 1. The first-order chi connectivity index (χ1) is 12.7. The number of carbonyl (C=O) groups excluding carboxylic acids is 1. The Bertz CT molecular complexity index is 763. The average molecular weight is 357 g/mol. The van der Waals surface area contributed by atoms with E-state index in [1.807, 2.05) is 17.0 Å². The second kappa shape index (κ2) is 7.17. The molecule has 2 fully saturated rings. The molecule has 1 amide bonds. The molecular formula is C19H23N3O4. The second-order valence-corrected chi connectivity index (χ2v) is 7.10. The summed E-state index contributed by atoms with van der Waals surface area (Å²) in [4.78, 5) is 22.7. The first-order valence-electron chi connectivity index (χ1n) is 8.96. The standard InChI is InChI=1S/C19H23N3O4/c1-14-17(26-13-21-14)18(23)22-8-4-16-19(11-22,5-9-25-16)12-24-10-15-2-6-20-7-3-15/h2-3,6-7,13,16H,4-5,8-12H2,1H3/t16-,19+/m1/s1. The van der Waals surface area contributed by atoms with E-state index in [9.17, 15) is 4.79 Å². The maximum absolute atomic E-state index is 12.8. The lowest BCUT2D eigenvalue weighted by molar-refractivity contribution is -0.0606. The number of pyridine rings is 1. The molecule has 138 valence electrons. The monoisotopic (exact) mass is 357 g/mol. The van der Waals surface area contributed by atoms with Crippen LogP contribution in [0.25, 0.3) is 0 Å². The zero-order valence-corrected chi connectivity index (χ0v) is 14.9. The van der Waals surface area contributed by atoms with Crippen molar-refractivity contribution in [3.8, 4) is 0 Å². The van der Waals surface area contributed by atoms with Crippen LogP contribution < -0.4 is 0 Å². The quantitative estimate of drug-likeness (QED) is 0.816. The van der Waals surface area contributed by atoms with Gasteiger partial charge in [0.05, 0.1) is 25.0 Å². The first kappa shape index (κ1) is 17.2. The van der Waals surface area contributed by atoms with Gasteiger partial charge in [-0.25, -0.2) is 4.98 Å². The van der Waals surface area contributed by atoms with Crippen molar-refractivity contribution in [2.45, 2.75) is 32.5 Å². The lowest BCUT2D eigenvalue weighted by Gasteiger charge is -2.43. The van der Waals surface area contributed by atoms with Crippen LogP contribution in [0, 0.1) is 12.3 Å². The lowest BCUT2D eigenvalue weighted by atomic mass is 9.77. The minimum Gasteiger partial charge on any atom is -0.438 e. The van der Waals surface area contributed by atoms with E-state index in [0.29, 0.717) is 44.4 Å². The summed E-state index contributed by atoms with van der Waals surface area (Å²) in [6.45, 7) is 4.89. The molecule has 26 heavy (non-hydrogen) atoms. The predicted octanol–water partition coefficient (Wildman–Crippen LogP) is 2.22. The Hall–Kier alpha value is -2.25. The van der Waals surface area contributed by atoms with Crippen LogP contribution in [-0.2, 0) is 16.1 Å². The van der Waals surface area contributed by atoms with Crippen molar-refractivity contribution < 1.29 is 18.7 Å². The first-order valence-corrected chi connectivity index (χ1v) is 8.96. The van der Waals surface area contributed by atoms with Crippen molar-refractivity contribution in [3.63, 3.8) is 0 Å². The van der Waals surface area contributed by atoms with Gasteiger partial charge in [0.15, 0.2) is 6.39 Å². The summed E-state index contributed by atoms with van der Waals surface area (Å²) in [5.41, 5.74) is 1.56. The van der Waals surface area contributed by atoms with Gasteiger partial charge in [-0.05, 0) is 37.5 Å².